The normalized spacial score (nSPS) is 13.5. The van der Waals surface area contributed by atoms with Crippen LogP contribution in [0.1, 0.15) is 35.7 Å². The van der Waals surface area contributed by atoms with Crippen LogP contribution in [-0.2, 0) is 4.79 Å². The Morgan fingerprint density at radius 3 is 2.22 bits per heavy atom. The number of anilines is 1. The van der Waals surface area contributed by atoms with Gasteiger partial charge >= 0.3 is 0 Å². The summed E-state index contributed by atoms with van der Waals surface area (Å²) in [7, 11) is 0. The van der Waals surface area contributed by atoms with Crippen LogP contribution in [-0.4, -0.2) is 71.1 Å². The number of rotatable bonds is 8. The second-order valence-electron chi connectivity index (χ2n) is 9.10. The Labute approximate surface area is 211 Å². The third-order valence-corrected chi connectivity index (χ3v) is 6.44. The van der Waals surface area contributed by atoms with Crippen molar-refractivity contribution >= 4 is 17.6 Å². The highest BCUT2D eigenvalue weighted by atomic mass is 19.1. The van der Waals surface area contributed by atoms with Gasteiger partial charge in [0, 0.05) is 43.9 Å². The summed E-state index contributed by atoms with van der Waals surface area (Å²) >= 11 is 0. The summed E-state index contributed by atoms with van der Waals surface area (Å²) in [6.07, 6.45) is 1.70. The SMILES string of the molecule is CCCCN(CC(=O)N1CCN(c2ccc(-c3ccc(C)cc3)nn2)CC1)C(=O)c1ccc(F)cc1. The summed E-state index contributed by atoms with van der Waals surface area (Å²) in [5.41, 5.74) is 3.44. The molecule has 1 aromatic heterocycles. The lowest BCUT2D eigenvalue weighted by Crippen LogP contribution is -2.52. The average molecular weight is 490 g/mol. The summed E-state index contributed by atoms with van der Waals surface area (Å²) in [5.74, 6) is 0.0606. The first-order chi connectivity index (χ1) is 17.4. The summed E-state index contributed by atoms with van der Waals surface area (Å²) in [4.78, 5) is 31.5. The molecule has 2 heterocycles. The van der Waals surface area contributed by atoms with Crippen LogP contribution < -0.4 is 4.90 Å². The van der Waals surface area contributed by atoms with E-state index < -0.39 is 5.82 Å². The maximum atomic E-state index is 13.3. The number of hydrogen-bond acceptors (Lipinski definition) is 5. The quantitative estimate of drug-likeness (QED) is 0.475. The minimum Gasteiger partial charge on any atom is -0.352 e. The topological polar surface area (TPSA) is 69.6 Å². The Kier molecular flexibility index (Phi) is 8.25. The fourth-order valence-electron chi connectivity index (χ4n) is 4.20. The Morgan fingerprint density at radius 2 is 1.61 bits per heavy atom. The molecule has 3 aromatic rings. The van der Waals surface area contributed by atoms with E-state index in [1.807, 2.05) is 31.2 Å². The van der Waals surface area contributed by atoms with Gasteiger partial charge in [0.05, 0.1) is 5.69 Å². The van der Waals surface area contributed by atoms with E-state index in [4.69, 9.17) is 0 Å². The van der Waals surface area contributed by atoms with Crippen molar-refractivity contribution < 1.29 is 14.0 Å². The van der Waals surface area contributed by atoms with Gasteiger partial charge in [-0.25, -0.2) is 4.39 Å². The first-order valence-electron chi connectivity index (χ1n) is 12.4. The molecule has 7 nitrogen and oxygen atoms in total. The van der Waals surface area contributed by atoms with E-state index in [1.165, 1.54) is 29.8 Å². The zero-order valence-electron chi connectivity index (χ0n) is 20.9. The molecule has 1 aliphatic rings. The van der Waals surface area contributed by atoms with Gasteiger partial charge in [-0.05, 0) is 49.7 Å². The standard InChI is InChI=1S/C28H32FN5O2/c1-3-4-15-34(28(36)23-9-11-24(29)12-10-23)20-27(35)33-18-16-32(17-19-33)26-14-13-25(30-31-26)22-7-5-21(2)6-8-22/h5-14H,3-4,15-20H2,1-2H3. The Balaban J connectivity index is 1.34. The van der Waals surface area contributed by atoms with Crippen LogP contribution in [0.15, 0.2) is 60.7 Å². The maximum absolute atomic E-state index is 13.3. The molecule has 2 aromatic carbocycles. The predicted octanol–water partition coefficient (Wildman–Crippen LogP) is 4.18. The molecule has 1 saturated heterocycles. The molecule has 0 atom stereocenters. The molecule has 0 bridgehead atoms. The van der Waals surface area contributed by atoms with E-state index in [1.54, 1.807) is 9.80 Å². The van der Waals surface area contributed by atoms with Crippen LogP contribution in [0.4, 0.5) is 10.2 Å². The van der Waals surface area contributed by atoms with Crippen LogP contribution in [0.5, 0.6) is 0 Å². The maximum Gasteiger partial charge on any atom is 0.254 e. The van der Waals surface area contributed by atoms with Crippen molar-refractivity contribution in [1.82, 2.24) is 20.0 Å². The van der Waals surface area contributed by atoms with Gasteiger partial charge in [-0.2, -0.15) is 0 Å². The minimum atomic E-state index is -0.393. The van der Waals surface area contributed by atoms with Gasteiger partial charge in [0.15, 0.2) is 5.82 Å². The number of aryl methyl sites for hydroxylation is 1. The van der Waals surface area contributed by atoms with Gasteiger partial charge < -0.3 is 14.7 Å². The summed E-state index contributed by atoms with van der Waals surface area (Å²) in [6.45, 7) is 6.98. The molecule has 0 spiro atoms. The number of halogens is 1. The molecule has 0 radical (unpaired) electrons. The average Bonchev–Trinajstić information content (AvgIpc) is 2.91. The van der Waals surface area contributed by atoms with Crippen LogP contribution in [0.3, 0.4) is 0 Å². The first kappa shape index (κ1) is 25.3. The van der Waals surface area contributed by atoms with Gasteiger partial charge in [0.1, 0.15) is 12.4 Å². The third-order valence-electron chi connectivity index (χ3n) is 6.44. The lowest BCUT2D eigenvalue weighted by Gasteiger charge is -2.36. The van der Waals surface area contributed by atoms with E-state index >= 15 is 0 Å². The number of carbonyl (C=O) groups excluding carboxylic acids is 2. The zero-order valence-corrected chi connectivity index (χ0v) is 20.9. The molecule has 0 unspecified atom stereocenters. The summed E-state index contributed by atoms with van der Waals surface area (Å²) in [6, 6.07) is 17.6. The van der Waals surface area contributed by atoms with Gasteiger partial charge in [-0.1, -0.05) is 43.2 Å². The predicted molar refractivity (Wildman–Crippen MR) is 138 cm³/mol. The first-order valence-corrected chi connectivity index (χ1v) is 12.4. The van der Waals surface area contributed by atoms with Crippen LogP contribution in [0, 0.1) is 12.7 Å². The highest BCUT2D eigenvalue weighted by Gasteiger charge is 2.26. The number of aromatic nitrogens is 2. The second-order valence-corrected chi connectivity index (χ2v) is 9.10. The van der Waals surface area contributed by atoms with Crippen molar-refractivity contribution in [3.63, 3.8) is 0 Å². The number of piperazine rings is 1. The molecule has 0 N–H and O–H groups in total. The molecular weight excluding hydrogens is 457 g/mol. The number of unbranched alkanes of at least 4 members (excludes halogenated alkanes) is 1. The number of amides is 2. The highest BCUT2D eigenvalue weighted by Crippen LogP contribution is 2.20. The van der Waals surface area contributed by atoms with Crippen molar-refractivity contribution in [2.24, 2.45) is 0 Å². The molecule has 0 saturated carbocycles. The van der Waals surface area contributed by atoms with Crippen molar-refractivity contribution in [2.75, 3.05) is 44.2 Å². The van der Waals surface area contributed by atoms with Crippen LogP contribution in [0.25, 0.3) is 11.3 Å². The molecular formula is C28H32FN5O2. The highest BCUT2D eigenvalue weighted by molar-refractivity contribution is 5.96. The second kappa shape index (κ2) is 11.7. The molecule has 4 rings (SSSR count). The van der Waals surface area contributed by atoms with E-state index in [2.05, 4.69) is 34.2 Å². The minimum absolute atomic E-state index is 0.0151. The monoisotopic (exact) mass is 489 g/mol. The fourth-order valence-corrected chi connectivity index (χ4v) is 4.20. The van der Waals surface area contributed by atoms with Crippen molar-refractivity contribution in [3.8, 4) is 11.3 Å². The smallest absolute Gasteiger partial charge is 0.254 e. The fraction of sp³-hybridized carbons (Fsp3) is 0.357. The van der Waals surface area contributed by atoms with E-state index in [0.29, 0.717) is 38.3 Å². The number of hydrogen-bond donors (Lipinski definition) is 0. The molecule has 2 amide bonds. The molecule has 1 fully saturated rings. The van der Waals surface area contributed by atoms with Crippen LogP contribution >= 0.6 is 0 Å². The van der Waals surface area contributed by atoms with E-state index in [0.717, 1.165) is 29.9 Å². The van der Waals surface area contributed by atoms with E-state index in [-0.39, 0.29) is 18.4 Å². The zero-order chi connectivity index (χ0) is 25.5. The van der Waals surface area contributed by atoms with Gasteiger partial charge in [-0.3, -0.25) is 9.59 Å². The van der Waals surface area contributed by atoms with Gasteiger partial charge in [0.2, 0.25) is 5.91 Å². The van der Waals surface area contributed by atoms with Gasteiger partial charge in [0.25, 0.3) is 5.91 Å². The number of benzene rings is 2. The van der Waals surface area contributed by atoms with E-state index in [9.17, 15) is 14.0 Å². The molecule has 0 aliphatic carbocycles. The Bertz CT molecular complexity index is 1160. The van der Waals surface area contributed by atoms with Crippen molar-refractivity contribution in [1.29, 1.82) is 0 Å². The van der Waals surface area contributed by atoms with Crippen molar-refractivity contribution in [3.05, 3.63) is 77.6 Å². The Hall–Kier alpha value is -3.81. The summed E-state index contributed by atoms with van der Waals surface area (Å²) < 4.78 is 13.3. The third kappa shape index (κ3) is 6.24. The Morgan fingerprint density at radius 1 is 0.917 bits per heavy atom. The molecule has 8 heteroatoms. The largest absolute Gasteiger partial charge is 0.352 e. The van der Waals surface area contributed by atoms with Crippen molar-refractivity contribution in [2.45, 2.75) is 26.7 Å². The molecule has 1 aliphatic heterocycles. The lowest BCUT2D eigenvalue weighted by atomic mass is 10.1. The van der Waals surface area contributed by atoms with Crippen LogP contribution in [0.2, 0.25) is 0 Å². The lowest BCUT2D eigenvalue weighted by molar-refractivity contribution is -0.132. The summed E-state index contributed by atoms with van der Waals surface area (Å²) in [5, 5.41) is 8.80. The molecule has 188 valence electrons. The number of nitrogens with zero attached hydrogens (tertiary/aromatic N) is 5. The number of carbonyl (C=O) groups is 2. The molecule has 36 heavy (non-hydrogen) atoms. The van der Waals surface area contributed by atoms with Gasteiger partial charge in [-0.15, -0.1) is 10.2 Å².